The highest BCUT2D eigenvalue weighted by Gasteiger charge is 2.40. The fourth-order valence-electron chi connectivity index (χ4n) is 3.13. The van der Waals surface area contributed by atoms with E-state index >= 15 is 0 Å². The zero-order valence-electron chi connectivity index (χ0n) is 13.5. The zero-order valence-corrected chi connectivity index (χ0v) is 15.1. The van der Waals surface area contributed by atoms with E-state index in [1.807, 2.05) is 35.2 Å². The fourth-order valence-corrected chi connectivity index (χ4v) is 4.92. The van der Waals surface area contributed by atoms with E-state index in [2.05, 4.69) is 11.6 Å². The van der Waals surface area contributed by atoms with Gasteiger partial charge in [0.1, 0.15) is 5.82 Å². The average molecular weight is 376 g/mol. The number of halogens is 1. The summed E-state index contributed by atoms with van der Waals surface area (Å²) < 4.78 is 27.6. The Bertz CT molecular complexity index is 946. The van der Waals surface area contributed by atoms with Crippen molar-refractivity contribution in [2.75, 3.05) is 4.90 Å². The first kappa shape index (κ1) is 16.4. The van der Waals surface area contributed by atoms with Crippen molar-refractivity contribution in [1.82, 2.24) is 3.97 Å². The molecule has 1 aromatic heterocycles. The molecule has 0 saturated heterocycles. The predicted octanol–water partition coefficient (Wildman–Crippen LogP) is 3.43. The molecular weight excluding hydrogens is 358 g/mol. The standard InChI is InChI=1S/C18H18ClN3O2S/c1-2-14-11-21(25(23,24)12-13-6-4-3-5-7-13)17-16(14)10-20-18(19)22(17)15-8-9-15/h2-7,10-11,15,18H,1,8-9,12H2. The van der Waals surface area contributed by atoms with Crippen LogP contribution in [0, 0.1) is 0 Å². The number of aromatic nitrogens is 1. The molecule has 0 radical (unpaired) electrons. The van der Waals surface area contributed by atoms with Crippen LogP contribution in [-0.4, -0.2) is 30.3 Å². The number of rotatable bonds is 5. The molecule has 5 nitrogen and oxygen atoms in total. The number of hydrogen-bond donors (Lipinski definition) is 0. The molecular formula is C18H18ClN3O2S. The molecule has 1 aromatic carbocycles. The number of hydrogen-bond acceptors (Lipinski definition) is 4. The zero-order chi connectivity index (χ0) is 17.6. The lowest BCUT2D eigenvalue weighted by Gasteiger charge is -2.31. The van der Waals surface area contributed by atoms with Crippen LogP contribution in [-0.2, 0) is 15.8 Å². The van der Waals surface area contributed by atoms with Crippen molar-refractivity contribution < 1.29 is 8.42 Å². The molecule has 1 aliphatic carbocycles. The molecule has 1 aliphatic heterocycles. The number of benzene rings is 1. The van der Waals surface area contributed by atoms with Gasteiger partial charge in [-0.1, -0.05) is 54.6 Å². The molecule has 1 saturated carbocycles. The molecule has 7 heteroatoms. The van der Waals surface area contributed by atoms with E-state index < -0.39 is 15.6 Å². The summed E-state index contributed by atoms with van der Waals surface area (Å²) in [6, 6.07) is 9.40. The Labute approximate surface area is 152 Å². The molecule has 2 aromatic rings. The normalized spacial score (nSPS) is 19.7. The molecule has 0 spiro atoms. The van der Waals surface area contributed by atoms with Gasteiger partial charge in [-0.15, -0.1) is 0 Å². The highest BCUT2D eigenvalue weighted by atomic mass is 35.5. The Morgan fingerprint density at radius 3 is 2.64 bits per heavy atom. The van der Waals surface area contributed by atoms with Gasteiger partial charge in [-0.25, -0.2) is 12.4 Å². The minimum atomic E-state index is -3.60. The van der Waals surface area contributed by atoms with Crippen LogP contribution in [0.2, 0.25) is 0 Å². The molecule has 4 rings (SSSR count). The number of nitrogens with zero attached hydrogens (tertiary/aromatic N) is 3. The Balaban J connectivity index is 1.84. The lowest BCUT2D eigenvalue weighted by atomic mass is 10.2. The molecule has 2 aliphatic rings. The van der Waals surface area contributed by atoms with Gasteiger partial charge in [0.05, 0.1) is 5.75 Å². The van der Waals surface area contributed by atoms with Gasteiger partial charge < -0.3 is 4.90 Å². The largest absolute Gasteiger partial charge is 0.319 e. The van der Waals surface area contributed by atoms with Crippen molar-refractivity contribution in [3.8, 4) is 0 Å². The third kappa shape index (κ3) is 2.89. The quantitative estimate of drug-likeness (QED) is 0.594. The van der Waals surface area contributed by atoms with Crippen LogP contribution in [0.4, 0.5) is 5.82 Å². The molecule has 1 unspecified atom stereocenters. The first-order valence-corrected chi connectivity index (χ1v) is 10.2. The van der Waals surface area contributed by atoms with Crippen LogP contribution in [0.1, 0.15) is 29.5 Å². The summed E-state index contributed by atoms with van der Waals surface area (Å²) in [5.74, 6) is 0.525. The summed E-state index contributed by atoms with van der Waals surface area (Å²) in [4.78, 5) is 6.22. The Hall–Kier alpha value is -2.05. The van der Waals surface area contributed by atoms with Gasteiger partial charge in [-0.05, 0) is 18.4 Å². The summed E-state index contributed by atoms with van der Waals surface area (Å²) in [5.41, 5.74) is 1.66. The Morgan fingerprint density at radius 2 is 2.00 bits per heavy atom. The van der Waals surface area contributed by atoms with E-state index in [0.717, 1.165) is 29.5 Å². The van der Waals surface area contributed by atoms with Crippen molar-refractivity contribution >= 4 is 39.7 Å². The highest BCUT2D eigenvalue weighted by molar-refractivity contribution is 7.89. The monoisotopic (exact) mass is 375 g/mol. The van der Waals surface area contributed by atoms with Gasteiger partial charge in [-0.2, -0.15) is 0 Å². The van der Waals surface area contributed by atoms with Gasteiger partial charge in [-0.3, -0.25) is 4.99 Å². The Kier molecular flexibility index (Phi) is 3.96. The second kappa shape index (κ2) is 6.04. The molecule has 1 fully saturated rings. The van der Waals surface area contributed by atoms with Gasteiger partial charge in [0, 0.05) is 29.6 Å². The summed E-state index contributed by atoms with van der Waals surface area (Å²) in [6.45, 7) is 3.80. The first-order chi connectivity index (χ1) is 12.0. The van der Waals surface area contributed by atoms with Crippen LogP contribution < -0.4 is 4.90 Å². The van der Waals surface area contributed by atoms with E-state index in [-0.39, 0.29) is 11.8 Å². The first-order valence-electron chi connectivity index (χ1n) is 8.12. The number of aliphatic imine (C=N–C) groups is 1. The molecule has 1 atom stereocenters. The maximum atomic E-state index is 13.1. The minimum Gasteiger partial charge on any atom is -0.319 e. The van der Waals surface area contributed by atoms with Gasteiger partial charge in [0.25, 0.3) is 0 Å². The van der Waals surface area contributed by atoms with Crippen molar-refractivity contribution in [2.45, 2.75) is 30.3 Å². The van der Waals surface area contributed by atoms with Crippen molar-refractivity contribution in [3.05, 3.63) is 59.8 Å². The third-order valence-corrected chi connectivity index (χ3v) is 6.37. The molecule has 25 heavy (non-hydrogen) atoms. The molecule has 0 amide bonds. The molecule has 0 N–H and O–H groups in total. The van der Waals surface area contributed by atoms with E-state index in [1.54, 1.807) is 18.5 Å². The number of alkyl halides is 1. The summed E-state index contributed by atoms with van der Waals surface area (Å²) in [7, 11) is -3.60. The number of fused-ring (bicyclic) bond motifs is 1. The summed E-state index contributed by atoms with van der Waals surface area (Å²) in [5, 5.41) is 0. The Morgan fingerprint density at radius 1 is 1.28 bits per heavy atom. The van der Waals surface area contributed by atoms with Gasteiger partial charge in [0.2, 0.25) is 10.0 Å². The second-order valence-electron chi connectivity index (χ2n) is 6.29. The van der Waals surface area contributed by atoms with E-state index in [1.165, 1.54) is 3.97 Å². The summed E-state index contributed by atoms with van der Waals surface area (Å²) in [6.07, 6.45) is 6.90. The third-order valence-electron chi connectivity index (χ3n) is 4.47. The molecule has 130 valence electrons. The second-order valence-corrected chi connectivity index (χ2v) is 8.53. The maximum absolute atomic E-state index is 13.1. The number of anilines is 1. The SMILES string of the molecule is C=Cc1cn(S(=O)(=O)Cc2ccccc2)c2c1C=NC(Cl)N2C1CC1. The van der Waals surface area contributed by atoms with Crippen LogP contribution >= 0.6 is 11.6 Å². The van der Waals surface area contributed by atoms with Gasteiger partial charge >= 0.3 is 0 Å². The summed E-state index contributed by atoms with van der Waals surface area (Å²) >= 11 is 6.37. The smallest absolute Gasteiger partial charge is 0.244 e. The predicted molar refractivity (Wildman–Crippen MR) is 102 cm³/mol. The van der Waals surface area contributed by atoms with Crippen molar-refractivity contribution in [2.24, 2.45) is 4.99 Å². The fraction of sp³-hybridized carbons (Fsp3) is 0.278. The topological polar surface area (TPSA) is 54.7 Å². The van der Waals surface area contributed by atoms with Crippen LogP contribution in [0.3, 0.4) is 0 Å². The van der Waals surface area contributed by atoms with Crippen LogP contribution in [0.5, 0.6) is 0 Å². The lowest BCUT2D eigenvalue weighted by Crippen LogP contribution is -2.38. The van der Waals surface area contributed by atoms with E-state index in [4.69, 9.17) is 11.6 Å². The average Bonchev–Trinajstić information content (AvgIpc) is 3.34. The van der Waals surface area contributed by atoms with Gasteiger partial charge in [0.15, 0.2) is 5.62 Å². The maximum Gasteiger partial charge on any atom is 0.244 e. The molecule has 0 bridgehead atoms. The van der Waals surface area contributed by atoms with Crippen LogP contribution in [0.15, 0.2) is 48.1 Å². The van der Waals surface area contributed by atoms with E-state index in [9.17, 15) is 8.42 Å². The van der Waals surface area contributed by atoms with Crippen molar-refractivity contribution in [1.29, 1.82) is 0 Å². The van der Waals surface area contributed by atoms with Crippen molar-refractivity contribution in [3.63, 3.8) is 0 Å². The highest BCUT2D eigenvalue weighted by Crippen LogP contribution is 2.41. The molecule has 2 heterocycles. The lowest BCUT2D eigenvalue weighted by molar-refractivity contribution is 0.584. The van der Waals surface area contributed by atoms with Crippen LogP contribution in [0.25, 0.3) is 6.08 Å². The minimum absolute atomic E-state index is 0.0753. The van der Waals surface area contributed by atoms with E-state index in [0.29, 0.717) is 5.82 Å².